The molecule has 6 nitrogen and oxygen atoms in total. The molecule has 2 saturated heterocycles. The van der Waals surface area contributed by atoms with Gasteiger partial charge in [-0.1, -0.05) is 6.07 Å². The standard InChI is InChI=1S/C16H25N3O3S2.ClH/c1-12(17)13-5-2-8-18(11-13)16(20)14-6-3-9-19(14)24(21,22)15-7-4-10-23-15;/h4,7,10,12-14H,2-3,5-6,8-9,11,17H2,1H3;1H. The van der Waals surface area contributed by atoms with Crippen LogP contribution in [0.5, 0.6) is 0 Å². The van der Waals surface area contributed by atoms with Gasteiger partial charge in [-0.15, -0.1) is 23.7 Å². The number of thiophene rings is 1. The van der Waals surface area contributed by atoms with Gasteiger partial charge in [0.05, 0.1) is 0 Å². The van der Waals surface area contributed by atoms with Crippen LogP contribution in [0.15, 0.2) is 21.7 Å². The van der Waals surface area contributed by atoms with Crippen LogP contribution in [-0.4, -0.2) is 55.2 Å². The Morgan fingerprint density at radius 3 is 2.68 bits per heavy atom. The Kier molecular flexibility index (Phi) is 6.89. The maximum atomic E-state index is 13.0. The summed E-state index contributed by atoms with van der Waals surface area (Å²) in [7, 11) is -3.58. The molecule has 142 valence electrons. The first-order valence-electron chi connectivity index (χ1n) is 8.51. The number of amides is 1. The molecule has 25 heavy (non-hydrogen) atoms. The van der Waals surface area contributed by atoms with Crippen LogP contribution in [0, 0.1) is 5.92 Å². The molecule has 3 atom stereocenters. The van der Waals surface area contributed by atoms with Crippen molar-refractivity contribution >= 4 is 39.7 Å². The topological polar surface area (TPSA) is 83.7 Å². The van der Waals surface area contributed by atoms with Crippen molar-refractivity contribution in [3.05, 3.63) is 17.5 Å². The summed E-state index contributed by atoms with van der Waals surface area (Å²) in [6.07, 6.45) is 3.29. The number of piperidine rings is 1. The zero-order chi connectivity index (χ0) is 17.3. The summed E-state index contributed by atoms with van der Waals surface area (Å²) in [6.45, 7) is 3.73. The maximum absolute atomic E-state index is 13.0. The minimum atomic E-state index is -3.58. The molecule has 2 aliphatic rings. The molecule has 1 aromatic heterocycles. The minimum absolute atomic E-state index is 0. The first kappa shape index (κ1) is 20.6. The number of hydrogen-bond acceptors (Lipinski definition) is 5. The van der Waals surface area contributed by atoms with E-state index in [9.17, 15) is 13.2 Å². The highest BCUT2D eigenvalue weighted by Crippen LogP contribution is 2.30. The van der Waals surface area contributed by atoms with Crippen LogP contribution in [0.25, 0.3) is 0 Å². The van der Waals surface area contributed by atoms with Gasteiger partial charge in [0.1, 0.15) is 10.3 Å². The van der Waals surface area contributed by atoms with Crippen molar-refractivity contribution in [2.45, 2.75) is 48.9 Å². The van der Waals surface area contributed by atoms with E-state index in [0.29, 0.717) is 36.2 Å². The Morgan fingerprint density at radius 2 is 2.04 bits per heavy atom. The van der Waals surface area contributed by atoms with Gasteiger partial charge in [-0.25, -0.2) is 8.42 Å². The van der Waals surface area contributed by atoms with Crippen molar-refractivity contribution in [1.82, 2.24) is 9.21 Å². The van der Waals surface area contributed by atoms with Crippen LogP contribution in [0.1, 0.15) is 32.6 Å². The Labute approximate surface area is 159 Å². The van der Waals surface area contributed by atoms with Crippen molar-refractivity contribution in [1.29, 1.82) is 0 Å². The first-order valence-corrected chi connectivity index (χ1v) is 10.8. The second kappa shape index (κ2) is 8.35. The second-order valence-corrected chi connectivity index (χ2v) is 9.82. The third-order valence-electron chi connectivity index (χ3n) is 5.06. The minimum Gasteiger partial charge on any atom is -0.341 e. The van der Waals surface area contributed by atoms with Gasteiger partial charge in [0.15, 0.2) is 0 Å². The van der Waals surface area contributed by atoms with E-state index in [-0.39, 0.29) is 24.4 Å². The molecule has 3 rings (SSSR count). The lowest BCUT2D eigenvalue weighted by atomic mass is 9.92. The third-order valence-corrected chi connectivity index (χ3v) is 8.34. The van der Waals surface area contributed by atoms with Gasteiger partial charge >= 0.3 is 0 Å². The highest BCUT2D eigenvalue weighted by Gasteiger charge is 2.42. The number of sulfonamides is 1. The average molecular weight is 408 g/mol. The number of likely N-dealkylation sites (tertiary alicyclic amines) is 1. The van der Waals surface area contributed by atoms with E-state index in [0.717, 1.165) is 19.3 Å². The third kappa shape index (κ3) is 4.19. The summed E-state index contributed by atoms with van der Waals surface area (Å²) >= 11 is 1.20. The molecule has 9 heteroatoms. The summed E-state index contributed by atoms with van der Waals surface area (Å²) in [5, 5.41) is 1.75. The normalized spacial score (nSPS) is 26.2. The van der Waals surface area contributed by atoms with E-state index in [1.54, 1.807) is 17.5 Å². The molecule has 1 amide bonds. The fourth-order valence-electron chi connectivity index (χ4n) is 3.65. The Bertz CT molecular complexity index is 679. The largest absolute Gasteiger partial charge is 0.341 e. The predicted octanol–water partition coefficient (Wildman–Crippen LogP) is 1.91. The number of carbonyl (C=O) groups is 1. The summed E-state index contributed by atoms with van der Waals surface area (Å²) in [4.78, 5) is 14.8. The van der Waals surface area contributed by atoms with E-state index >= 15 is 0 Å². The summed E-state index contributed by atoms with van der Waals surface area (Å²) in [5.74, 6) is 0.240. The van der Waals surface area contributed by atoms with Crippen LogP contribution >= 0.6 is 23.7 Å². The molecule has 2 fully saturated rings. The quantitative estimate of drug-likeness (QED) is 0.826. The second-order valence-electron chi connectivity index (χ2n) is 6.75. The lowest BCUT2D eigenvalue weighted by Gasteiger charge is -2.37. The molecule has 2 aliphatic heterocycles. The van der Waals surface area contributed by atoms with Crippen LogP contribution in [0.4, 0.5) is 0 Å². The van der Waals surface area contributed by atoms with E-state index in [1.165, 1.54) is 15.6 Å². The van der Waals surface area contributed by atoms with Crippen molar-refractivity contribution in [3.8, 4) is 0 Å². The van der Waals surface area contributed by atoms with Crippen LogP contribution < -0.4 is 5.73 Å². The van der Waals surface area contributed by atoms with Crippen LogP contribution in [0.2, 0.25) is 0 Å². The van der Waals surface area contributed by atoms with Gasteiger partial charge < -0.3 is 10.6 Å². The van der Waals surface area contributed by atoms with Gasteiger partial charge in [-0.3, -0.25) is 4.79 Å². The molecule has 1 aromatic rings. The molecule has 0 radical (unpaired) electrons. The molecule has 0 aliphatic carbocycles. The fraction of sp³-hybridized carbons (Fsp3) is 0.688. The van der Waals surface area contributed by atoms with Crippen molar-refractivity contribution in [2.75, 3.05) is 19.6 Å². The highest BCUT2D eigenvalue weighted by molar-refractivity contribution is 7.91. The van der Waals surface area contributed by atoms with Crippen LogP contribution in [0.3, 0.4) is 0 Å². The molecule has 3 unspecified atom stereocenters. The average Bonchev–Trinajstić information content (AvgIpc) is 3.26. The molecule has 0 aromatic carbocycles. The molecule has 0 bridgehead atoms. The molecular formula is C16H26ClN3O3S2. The Morgan fingerprint density at radius 1 is 1.32 bits per heavy atom. The molecule has 2 N–H and O–H groups in total. The van der Waals surface area contributed by atoms with E-state index in [1.807, 2.05) is 11.8 Å². The van der Waals surface area contributed by atoms with Crippen molar-refractivity contribution in [2.24, 2.45) is 11.7 Å². The highest BCUT2D eigenvalue weighted by atomic mass is 35.5. The SMILES string of the molecule is CC(N)C1CCCN(C(=O)C2CCCN2S(=O)(=O)c2cccs2)C1.Cl. The lowest BCUT2D eigenvalue weighted by molar-refractivity contribution is -0.136. The molecular weight excluding hydrogens is 382 g/mol. The summed E-state index contributed by atoms with van der Waals surface area (Å²) in [5.41, 5.74) is 6.00. The zero-order valence-electron chi connectivity index (χ0n) is 14.3. The molecule has 0 spiro atoms. The van der Waals surface area contributed by atoms with Crippen molar-refractivity contribution in [3.63, 3.8) is 0 Å². The van der Waals surface area contributed by atoms with Gasteiger partial charge in [-0.05, 0) is 50.0 Å². The predicted molar refractivity (Wildman–Crippen MR) is 101 cm³/mol. The number of nitrogens with two attached hydrogens (primary N) is 1. The first-order chi connectivity index (χ1) is 11.4. The monoisotopic (exact) mass is 407 g/mol. The summed E-state index contributed by atoms with van der Waals surface area (Å²) < 4.78 is 27.3. The van der Waals surface area contributed by atoms with Crippen molar-refractivity contribution < 1.29 is 13.2 Å². The van der Waals surface area contributed by atoms with E-state index in [4.69, 9.17) is 5.73 Å². The molecule has 3 heterocycles. The van der Waals surface area contributed by atoms with Crippen LogP contribution in [-0.2, 0) is 14.8 Å². The number of nitrogens with zero attached hydrogens (tertiary/aromatic N) is 2. The number of halogens is 1. The number of hydrogen-bond donors (Lipinski definition) is 1. The van der Waals surface area contributed by atoms with Gasteiger partial charge in [0.25, 0.3) is 10.0 Å². The lowest BCUT2D eigenvalue weighted by Crippen LogP contribution is -2.52. The number of rotatable bonds is 4. The van der Waals surface area contributed by atoms with Gasteiger partial charge in [-0.2, -0.15) is 4.31 Å². The Balaban J connectivity index is 0.00000225. The summed E-state index contributed by atoms with van der Waals surface area (Å²) in [6, 6.07) is 2.81. The van der Waals surface area contributed by atoms with Gasteiger partial charge in [0.2, 0.25) is 5.91 Å². The van der Waals surface area contributed by atoms with E-state index in [2.05, 4.69) is 0 Å². The number of carbonyl (C=O) groups excluding carboxylic acids is 1. The fourth-order valence-corrected chi connectivity index (χ4v) is 6.42. The smallest absolute Gasteiger partial charge is 0.253 e. The zero-order valence-corrected chi connectivity index (χ0v) is 16.8. The van der Waals surface area contributed by atoms with Gasteiger partial charge in [0, 0.05) is 25.7 Å². The maximum Gasteiger partial charge on any atom is 0.253 e. The Hall–Kier alpha value is -0.670. The molecule has 0 saturated carbocycles. The van der Waals surface area contributed by atoms with E-state index < -0.39 is 16.1 Å².